The summed E-state index contributed by atoms with van der Waals surface area (Å²) in [5.74, 6) is 0. The van der Waals surface area contributed by atoms with Crippen LogP contribution in [0.15, 0.2) is 30.6 Å². The maximum absolute atomic E-state index is 4.02. The summed E-state index contributed by atoms with van der Waals surface area (Å²) < 4.78 is 0. The number of hydrogen-bond acceptors (Lipinski definition) is 1. The molecule has 2 nitrogen and oxygen atoms in total. The first-order valence-corrected chi connectivity index (χ1v) is 4.28. The van der Waals surface area contributed by atoms with Crippen molar-refractivity contribution in [2.75, 3.05) is 13.6 Å². The molecule has 2 heteroatoms. The van der Waals surface area contributed by atoms with Crippen LogP contribution in [-0.2, 0) is 0 Å². The minimum atomic E-state index is 1.12. The van der Waals surface area contributed by atoms with Gasteiger partial charge in [-0.3, -0.25) is 4.98 Å². The van der Waals surface area contributed by atoms with Crippen molar-refractivity contribution in [2.24, 2.45) is 0 Å². The first-order valence-electron chi connectivity index (χ1n) is 4.28. The molecule has 64 valence electrons. The van der Waals surface area contributed by atoms with E-state index in [0.29, 0.717) is 0 Å². The van der Waals surface area contributed by atoms with Gasteiger partial charge in [-0.05, 0) is 11.6 Å². The van der Waals surface area contributed by atoms with E-state index in [2.05, 4.69) is 35.6 Å². The largest absolute Gasteiger partial charge is 0.348 e. The van der Waals surface area contributed by atoms with E-state index in [4.69, 9.17) is 0 Å². The molecule has 0 saturated heterocycles. The molecule has 1 rings (SSSR count). The van der Waals surface area contributed by atoms with Crippen molar-refractivity contribution in [2.45, 2.75) is 6.42 Å². The van der Waals surface area contributed by atoms with E-state index in [1.165, 1.54) is 5.56 Å². The van der Waals surface area contributed by atoms with Crippen LogP contribution >= 0.6 is 0 Å². The third-order valence-corrected chi connectivity index (χ3v) is 1.62. The molecule has 1 aromatic rings. The van der Waals surface area contributed by atoms with Gasteiger partial charge in [0.15, 0.2) is 0 Å². The third kappa shape index (κ3) is 3.30. The second-order valence-electron chi connectivity index (χ2n) is 2.67. The van der Waals surface area contributed by atoms with Crippen molar-refractivity contribution in [3.8, 4) is 0 Å². The molecule has 2 N–H and O–H groups in total. The van der Waals surface area contributed by atoms with Crippen molar-refractivity contribution in [1.29, 1.82) is 0 Å². The lowest BCUT2D eigenvalue weighted by molar-refractivity contribution is -0.626. The number of rotatable bonds is 4. The lowest BCUT2D eigenvalue weighted by atomic mass is 10.2. The van der Waals surface area contributed by atoms with Crippen molar-refractivity contribution in [1.82, 2.24) is 4.98 Å². The second kappa shape index (κ2) is 5.49. The summed E-state index contributed by atoms with van der Waals surface area (Å²) in [6.45, 7) is 1.15. The molecule has 12 heavy (non-hydrogen) atoms. The fraction of sp³-hybridized carbons (Fsp3) is 0.300. The molecule has 1 heterocycles. The highest BCUT2D eigenvalue weighted by molar-refractivity contribution is 5.46. The Morgan fingerprint density at radius 3 is 3.17 bits per heavy atom. The van der Waals surface area contributed by atoms with Crippen molar-refractivity contribution in [3.05, 3.63) is 36.2 Å². The zero-order valence-corrected chi connectivity index (χ0v) is 7.40. The Bertz CT molecular complexity index is 229. The molecule has 1 aromatic heterocycles. The zero-order valence-electron chi connectivity index (χ0n) is 7.40. The van der Waals surface area contributed by atoms with Gasteiger partial charge in [0.1, 0.15) is 0 Å². The van der Waals surface area contributed by atoms with Gasteiger partial charge in [0, 0.05) is 18.8 Å². The predicted octanol–water partition coefficient (Wildman–Crippen LogP) is 0.678. The van der Waals surface area contributed by atoms with Gasteiger partial charge in [-0.15, -0.1) is 0 Å². The number of quaternary nitrogens is 1. The first-order chi connectivity index (χ1) is 5.93. The van der Waals surface area contributed by atoms with Gasteiger partial charge < -0.3 is 5.32 Å². The fourth-order valence-electron chi connectivity index (χ4n) is 0.957. The van der Waals surface area contributed by atoms with Gasteiger partial charge in [-0.2, -0.15) is 0 Å². The molecule has 0 radical (unpaired) electrons. The van der Waals surface area contributed by atoms with E-state index in [0.717, 1.165) is 13.0 Å². The molecule has 0 aliphatic heterocycles. The zero-order chi connectivity index (χ0) is 8.65. The average Bonchev–Trinajstić information content (AvgIpc) is 2.14. The average molecular weight is 163 g/mol. The molecule has 0 bridgehead atoms. The molecule has 0 aromatic carbocycles. The Morgan fingerprint density at radius 2 is 2.50 bits per heavy atom. The molecule has 0 spiro atoms. The fourth-order valence-corrected chi connectivity index (χ4v) is 0.957. The van der Waals surface area contributed by atoms with E-state index < -0.39 is 0 Å². The van der Waals surface area contributed by atoms with Gasteiger partial charge >= 0.3 is 0 Å². The smallest absolute Gasteiger partial charge is 0.0788 e. The predicted molar refractivity (Wildman–Crippen MR) is 50.6 cm³/mol. The summed E-state index contributed by atoms with van der Waals surface area (Å²) in [5.41, 5.74) is 1.17. The van der Waals surface area contributed by atoms with E-state index in [9.17, 15) is 0 Å². The second-order valence-corrected chi connectivity index (χ2v) is 2.67. The normalized spacial score (nSPS) is 10.8. The lowest BCUT2D eigenvalue weighted by Crippen LogP contribution is -2.79. The van der Waals surface area contributed by atoms with Crippen LogP contribution in [0.4, 0.5) is 0 Å². The molecular weight excluding hydrogens is 148 g/mol. The van der Waals surface area contributed by atoms with Crippen LogP contribution in [0.3, 0.4) is 0 Å². The van der Waals surface area contributed by atoms with E-state index >= 15 is 0 Å². The summed E-state index contributed by atoms with van der Waals surface area (Å²) >= 11 is 0. The summed E-state index contributed by atoms with van der Waals surface area (Å²) in [4.78, 5) is 4.02. The summed E-state index contributed by atoms with van der Waals surface area (Å²) in [6, 6.07) is 4.00. The number of hydrogen-bond donors (Lipinski definition) is 1. The van der Waals surface area contributed by atoms with Gasteiger partial charge in [-0.25, -0.2) is 0 Å². The Morgan fingerprint density at radius 1 is 1.58 bits per heavy atom. The Balaban J connectivity index is 2.36. The molecule has 0 aliphatic carbocycles. The van der Waals surface area contributed by atoms with Crippen molar-refractivity contribution in [3.63, 3.8) is 0 Å². The summed E-state index contributed by atoms with van der Waals surface area (Å²) in [7, 11) is 2.08. The Kier molecular flexibility index (Phi) is 4.09. The topological polar surface area (TPSA) is 29.5 Å². The highest BCUT2D eigenvalue weighted by atomic mass is 14.8. The van der Waals surface area contributed by atoms with Crippen molar-refractivity contribution < 1.29 is 5.32 Å². The van der Waals surface area contributed by atoms with E-state index in [-0.39, 0.29) is 0 Å². The maximum atomic E-state index is 4.02. The van der Waals surface area contributed by atoms with Crippen LogP contribution in [0, 0.1) is 0 Å². The standard InChI is InChI=1S/C10H14N2/c1-11-7-3-2-5-10-6-4-8-12-9-10/h2,4-6,8-9,11H,3,7H2,1H3/p+1/b5-2+. The van der Waals surface area contributed by atoms with Crippen LogP contribution in [0.25, 0.3) is 6.08 Å². The van der Waals surface area contributed by atoms with Crippen LogP contribution in [0.5, 0.6) is 0 Å². The Hall–Kier alpha value is -1.15. The van der Waals surface area contributed by atoms with Crippen LogP contribution < -0.4 is 5.32 Å². The molecule has 0 aliphatic rings. The summed E-state index contributed by atoms with van der Waals surface area (Å²) in [5, 5.41) is 2.17. The SMILES string of the molecule is C[NH2+]CC/C=C/c1cccnc1. The van der Waals surface area contributed by atoms with E-state index in [1.807, 2.05) is 12.3 Å². The molecule has 0 unspecified atom stereocenters. The van der Waals surface area contributed by atoms with Gasteiger partial charge in [-0.1, -0.05) is 18.2 Å². The minimum absolute atomic E-state index is 1.12. The lowest BCUT2D eigenvalue weighted by Gasteiger charge is -1.90. The maximum Gasteiger partial charge on any atom is 0.0788 e. The quantitative estimate of drug-likeness (QED) is 0.650. The third-order valence-electron chi connectivity index (χ3n) is 1.62. The van der Waals surface area contributed by atoms with Crippen LogP contribution in [-0.4, -0.2) is 18.6 Å². The van der Waals surface area contributed by atoms with Gasteiger partial charge in [0.2, 0.25) is 0 Å². The summed E-state index contributed by atoms with van der Waals surface area (Å²) in [6.07, 6.45) is 9.06. The Labute approximate surface area is 73.3 Å². The number of pyridine rings is 1. The van der Waals surface area contributed by atoms with Crippen molar-refractivity contribution >= 4 is 6.08 Å². The van der Waals surface area contributed by atoms with Gasteiger partial charge in [0.25, 0.3) is 0 Å². The molecular formula is C10H15N2+. The van der Waals surface area contributed by atoms with Gasteiger partial charge in [0.05, 0.1) is 13.6 Å². The molecule has 0 saturated carbocycles. The molecule has 0 fully saturated rings. The minimum Gasteiger partial charge on any atom is -0.348 e. The molecule has 0 atom stereocenters. The first kappa shape index (κ1) is 8.94. The number of nitrogens with zero attached hydrogens (tertiary/aromatic N) is 1. The van der Waals surface area contributed by atoms with Crippen LogP contribution in [0.2, 0.25) is 0 Å². The molecule has 0 amide bonds. The number of nitrogens with two attached hydrogens (primary N) is 1. The monoisotopic (exact) mass is 163 g/mol. The highest BCUT2D eigenvalue weighted by Gasteiger charge is 1.83. The highest BCUT2D eigenvalue weighted by Crippen LogP contribution is 1.98. The number of aromatic nitrogens is 1. The van der Waals surface area contributed by atoms with E-state index in [1.54, 1.807) is 6.20 Å². The van der Waals surface area contributed by atoms with Crippen LogP contribution in [0.1, 0.15) is 12.0 Å².